The number of hydrogen-bond donors (Lipinski definition) is 2. The lowest BCUT2D eigenvalue weighted by Gasteiger charge is -2.03. The lowest BCUT2D eigenvalue weighted by molar-refractivity contribution is -0.115. The van der Waals surface area contributed by atoms with Crippen LogP contribution < -0.4 is 11.1 Å². The van der Waals surface area contributed by atoms with Crippen molar-refractivity contribution >= 4 is 24.0 Å². The molecule has 4 heteroatoms. The number of fused-ring (bicyclic) bond motifs is 1. The van der Waals surface area contributed by atoms with Gasteiger partial charge in [0.25, 0.3) is 0 Å². The molecule has 0 aliphatic carbocycles. The number of halogens is 1. The van der Waals surface area contributed by atoms with E-state index in [1.54, 1.807) is 0 Å². The van der Waals surface area contributed by atoms with E-state index in [-0.39, 0.29) is 18.3 Å². The largest absolute Gasteiger partial charge is 0.326 e. The van der Waals surface area contributed by atoms with Crippen LogP contribution >= 0.6 is 12.4 Å². The number of para-hydroxylation sites is 1. The fourth-order valence-electron chi connectivity index (χ4n) is 1.49. The summed E-state index contributed by atoms with van der Waals surface area (Å²) in [5.74, 6) is 0.0610. The van der Waals surface area contributed by atoms with E-state index in [9.17, 15) is 4.79 Å². The van der Waals surface area contributed by atoms with E-state index < -0.39 is 0 Å². The van der Waals surface area contributed by atoms with E-state index in [0.29, 0.717) is 13.0 Å². The quantitative estimate of drug-likeness (QED) is 0.709. The molecule has 1 aromatic rings. The highest BCUT2D eigenvalue weighted by molar-refractivity contribution is 6.00. The van der Waals surface area contributed by atoms with E-state index in [0.717, 1.165) is 16.8 Å². The summed E-state index contributed by atoms with van der Waals surface area (Å²) in [6.45, 7) is 0.476. The molecule has 0 saturated carbocycles. The molecule has 1 aliphatic heterocycles. The number of carbonyl (C=O) groups excluding carboxylic acids is 1. The second kappa shape index (κ2) is 3.77. The zero-order valence-electron chi connectivity index (χ0n) is 7.04. The predicted octanol–water partition coefficient (Wildman–Crippen LogP) is 1.06. The van der Waals surface area contributed by atoms with Crippen molar-refractivity contribution in [1.82, 2.24) is 0 Å². The average Bonchev–Trinajstić information content (AvgIpc) is 2.44. The summed E-state index contributed by atoms with van der Waals surface area (Å²) in [7, 11) is 0. The molecule has 0 unspecified atom stereocenters. The lowest BCUT2D eigenvalue weighted by atomic mass is 10.1. The average molecular weight is 199 g/mol. The standard InChI is InChI=1S/C9H10N2O.ClH/c10-5-7-3-1-2-6-4-8(12)11-9(6)7;/h1-3H,4-5,10H2,(H,11,12);1H. The number of amides is 1. The van der Waals surface area contributed by atoms with Crippen molar-refractivity contribution in [2.45, 2.75) is 13.0 Å². The molecule has 0 fully saturated rings. The third-order valence-electron chi connectivity index (χ3n) is 2.07. The van der Waals surface area contributed by atoms with Gasteiger partial charge in [-0.25, -0.2) is 0 Å². The number of nitrogens with one attached hydrogen (secondary N) is 1. The molecule has 3 nitrogen and oxygen atoms in total. The van der Waals surface area contributed by atoms with E-state index in [4.69, 9.17) is 5.73 Å². The van der Waals surface area contributed by atoms with Crippen molar-refractivity contribution in [3.8, 4) is 0 Å². The van der Waals surface area contributed by atoms with Crippen molar-refractivity contribution in [2.24, 2.45) is 5.73 Å². The zero-order chi connectivity index (χ0) is 8.55. The second-order valence-electron chi connectivity index (χ2n) is 2.88. The smallest absolute Gasteiger partial charge is 0.228 e. The van der Waals surface area contributed by atoms with Crippen LogP contribution in [0.4, 0.5) is 5.69 Å². The number of benzene rings is 1. The number of hydrogen-bond acceptors (Lipinski definition) is 2. The van der Waals surface area contributed by atoms with Gasteiger partial charge < -0.3 is 11.1 Å². The van der Waals surface area contributed by atoms with Gasteiger partial charge in [-0.15, -0.1) is 12.4 Å². The normalized spacial score (nSPS) is 13.2. The highest BCUT2D eigenvalue weighted by Crippen LogP contribution is 2.26. The van der Waals surface area contributed by atoms with Crippen molar-refractivity contribution in [1.29, 1.82) is 0 Å². The Morgan fingerprint density at radius 1 is 1.46 bits per heavy atom. The number of nitrogens with two attached hydrogens (primary N) is 1. The topological polar surface area (TPSA) is 55.1 Å². The predicted molar refractivity (Wildman–Crippen MR) is 53.9 cm³/mol. The van der Waals surface area contributed by atoms with Crippen LogP contribution in [0.2, 0.25) is 0 Å². The maximum atomic E-state index is 11.0. The molecule has 1 aliphatic rings. The summed E-state index contributed by atoms with van der Waals surface area (Å²) in [4.78, 5) is 11.0. The van der Waals surface area contributed by atoms with Gasteiger partial charge >= 0.3 is 0 Å². The molecule has 1 amide bonds. The number of anilines is 1. The molecule has 2 rings (SSSR count). The SMILES string of the molecule is Cl.NCc1cccc2c1NC(=O)C2. The van der Waals surface area contributed by atoms with Crippen LogP contribution in [0.5, 0.6) is 0 Å². The summed E-state index contributed by atoms with van der Waals surface area (Å²) in [5.41, 5.74) is 8.51. The molecule has 0 saturated heterocycles. The minimum Gasteiger partial charge on any atom is -0.326 e. The van der Waals surface area contributed by atoms with Crippen molar-refractivity contribution < 1.29 is 4.79 Å². The van der Waals surface area contributed by atoms with Crippen molar-refractivity contribution in [2.75, 3.05) is 5.32 Å². The molecule has 0 aromatic heterocycles. The second-order valence-corrected chi connectivity index (χ2v) is 2.88. The summed E-state index contributed by atoms with van der Waals surface area (Å²) in [6.07, 6.45) is 0.489. The van der Waals surface area contributed by atoms with Gasteiger partial charge in [0.15, 0.2) is 0 Å². The Bertz CT molecular complexity index is 338. The Balaban J connectivity index is 0.000000845. The van der Waals surface area contributed by atoms with Gasteiger partial charge in [0.2, 0.25) is 5.91 Å². The molecule has 70 valence electrons. The molecule has 3 N–H and O–H groups in total. The van der Waals surface area contributed by atoms with Crippen LogP contribution in [0.3, 0.4) is 0 Å². The van der Waals surface area contributed by atoms with E-state index in [1.807, 2.05) is 18.2 Å². The van der Waals surface area contributed by atoms with Crippen LogP contribution in [-0.2, 0) is 17.8 Å². The van der Waals surface area contributed by atoms with Gasteiger partial charge in [-0.2, -0.15) is 0 Å². The summed E-state index contributed by atoms with van der Waals surface area (Å²) < 4.78 is 0. The summed E-state index contributed by atoms with van der Waals surface area (Å²) >= 11 is 0. The molecule has 0 radical (unpaired) electrons. The summed E-state index contributed by atoms with van der Waals surface area (Å²) in [6, 6.07) is 5.82. The Morgan fingerprint density at radius 2 is 2.23 bits per heavy atom. The molecule has 1 heterocycles. The van der Waals surface area contributed by atoms with Crippen LogP contribution in [0.25, 0.3) is 0 Å². The first kappa shape index (κ1) is 10.0. The first-order chi connectivity index (χ1) is 5.81. The Hall–Kier alpha value is -1.06. The minimum atomic E-state index is 0. The highest BCUT2D eigenvalue weighted by atomic mass is 35.5. The van der Waals surface area contributed by atoms with Gasteiger partial charge in [-0.3, -0.25) is 4.79 Å². The van der Waals surface area contributed by atoms with Crippen LogP contribution in [0, 0.1) is 0 Å². The van der Waals surface area contributed by atoms with Gasteiger partial charge in [0, 0.05) is 12.2 Å². The van der Waals surface area contributed by atoms with Crippen molar-refractivity contribution in [3.05, 3.63) is 29.3 Å². The third kappa shape index (κ3) is 1.66. The monoisotopic (exact) mass is 198 g/mol. The number of carbonyl (C=O) groups is 1. The molecule has 1 aromatic carbocycles. The number of rotatable bonds is 1. The molecule has 13 heavy (non-hydrogen) atoms. The van der Waals surface area contributed by atoms with Gasteiger partial charge in [0.05, 0.1) is 6.42 Å². The first-order valence-corrected chi connectivity index (χ1v) is 3.92. The molecular formula is C9H11ClN2O. The Labute approximate surface area is 82.7 Å². The van der Waals surface area contributed by atoms with Gasteiger partial charge in [-0.05, 0) is 11.1 Å². The van der Waals surface area contributed by atoms with E-state index in [1.165, 1.54) is 0 Å². The molecule has 0 bridgehead atoms. The van der Waals surface area contributed by atoms with Crippen LogP contribution in [-0.4, -0.2) is 5.91 Å². The highest BCUT2D eigenvalue weighted by Gasteiger charge is 2.18. The minimum absolute atomic E-state index is 0. The fourth-order valence-corrected chi connectivity index (χ4v) is 1.49. The fraction of sp³-hybridized carbons (Fsp3) is 0.222. The maximum absolute atomic E-state index is 11.0. The lowest BCUT2D eigenvalue weighted by Crippen LogP contribution is -2.06. The molecular weight excluding hydrogens is 188 g/mol. The van der Waals surface area contributed by atoms with E-state index >= 15 is 0 Å². The Kier molecular flexibility index (Phi) is 2.90. The van der Waals surface area contributed by atoms with Crippen molar-refractivity contribution in [3.63, 3.8) is 0 Å². The van der Waals surface area contributed by atoms with Gasteiger partial charge in [-0.1, -0.05) is 18.2 Å². The zero-order valence-corrected chi connectivity index (χ0v) is 7.86. The third-order valence-corrected chi connectivity index (χ3v) is 2.07. The maximum Gasteiger partial charge on any atom is 0.228 e. The first-order valence-electron chi connectivity index (χ1n) is 3.92. The summed E-state index contributed by atoms with van der Waals surface area (Å²) in [5, 5.41) is 2.80. The van der Waals surface area contributed by atoms with E-state index in [2.05, 4.69) is 5.32 Å². The molecule has 0 spiro atoms. The van der Waals surface area contributed by atoms with Gasteiger partial charge in [0.1, 0.15) is 0 Å². The van der Waals surface area contributed by atoms with Crippen LogP contribution in [0.1, 0.15) is 11.1 Å². The molecule has 0 atom stereocenters. The van der Waals surface area contributed by atoms with Crippen LogP contribution in [0.15, 0.2) is 18.2 Å². The Morgan fingerprint density at radius 3 is 2.92 bits per heavy atom.